The van der Waals surface area contributed by atoms with Crippen LogP contribution in [0.5, 0.6) is 0 Å². The molecule has 2 aromatic rings. The highest BCUT2D eigenvalue weighted by molar-refractivity contribution is 6.01. The van der Waals surface area contributed by atoms with Crippen molar-refractivity contribution in [1.82, 2.24) is 0 Å². The molecule has 0 radical (unpaired) electrons. The summed E-state index contributed by atoms with van der Waals surface area (Å²) in [5.74, 6) is -0.772. The lowest BCUT2D eigenvalue weighted by atomic mass is 9.97. The minimum absolute atomic E-state index is 0.0137. The van der Waals surface area contributed by atoms with Gasteiger partial charge in [-0.15, -0.1) is 0 Å². The number of nitro groups is 1. The van der Waals surface area contributed by atoms with Gasteiger partial charge in [0.05, 0.1) is 17.1 Å². The summed E-state index contributed by atoms with van der Waals surface area (Å²) in [6, 6.07) is 11.0. The first-order valence-electron chi connectivity index (χ1n) is 9.68. The summed E-state index contributed by atoms with van der Waals surface area (Å²) in [7, 11) is 1.54. The van der Waals surface area contributed by atoms with E-state index >= 15 is 0 Å². The summed E-state index contributed by atoms with van der Waals surface area (Å²) in [6.45, 7) is 4.53. The van der Waals surface area contributed by atoms with Crippen molar-refractivity contribution in [3.8, 4) is 0 Å². The van der Waals surface area contributed by atoms with Crippen molar-refractivity contribution in [3.05, 3.63) is 69.3 Å². The number of carbonyl (C=O) groups excluding carboxylic acids is 2. The Morgan fingerprint density at radius 3 is 2.47 bits per heavy atom. The second kappa shape index (κ2) is 11.1. The average Bonchev–Trinajstić information content (AvgIpc) is 2.76. The van der Waals surface area contributed by atoms with Gasteiger partial charge in [-0.3, -0.25) is 14.9 Å². The molecular formula is C22H26N2O6. The highest BCUT2D eigenvalue weighted by Crippen LogP contribution is 2.23. The number of ketones is 1. The summed E-state index contributed by atoms with van der Waals surface area (Å²) in [5.41, 5.74) is 1.68. The number of non-ortho nitro benzene ring substituents is 1. The molecule has 0 aromatic heterocycles. The van der Waals surface area contributed by atoms with E-state index in [0.29, 0.717) is 30.3 Å². The highest BCUT2D eigenvalue weighted by Gasteiger charge is 2.19. The number of esters is 1. The fraction of sp³-hybridized carbons (Fsp3) is 0.364. The smallest absolute Gasteiger partial charge is 0.340 e. The van der Waals surface area contributed by atoms with Gasteiger partial charge < -0.3 is 14.8 Å². The molecule has 8 heteroatoms. The fourth-order valence-electron chi connectivity index (χ4n) is 2.78. The second-order valence-electron chi connectivity index (χ2n) is 6.84. The van der Waals surface area contributed by atoms with E-state index in [4.69, 9.17) is 9.47 Å². The van der Waals surface area contributed by atoms with Crippen LogP contribution in [0.15, 0.2) is 42.5 Å². The number of carbonyl (C=O) groups is 2. The molecule has 0 heterocycles. The standard InChI is InChI=1S/C22H26N2O6/c1-4-15(2)16-5-7-17(8-6-16)21(25)14-30-22(26)19-13-18(24(27)28)9-10-20(19)23-11-12-29-3/h5-10,13,15,23H,4,11-12,14H2,1-3H3/t15-/m1/s1. The molecule has 30 heavy (non-hydrogen) atoms. The third-order valence-electron chi connectivity index (χ3n) is 4.80. The molecule has 1 atom stereocenters. The number of nitrogens with one attached hydrogen (secondary N) is 1. The molecule has 2 rings (SSSR count). The fourth-order valence-corrected chi connectivity index (χ4v) is 2.78. The molecule has 0 saturated carbocycles. The molecule has 8 nitrogen and oxygen atoms in total. The molecule has 0 bridgehead atoms. The number of hydrogen-bond donors (Lipinski definition) is 1. The summed E-state index contributed by atoms with van der Waals surface area (Å²) in [4.78, 5) is 35.4. The van der Waals surface area contributed by atoms with Gasteiger partial charge in [-0.1, -0.05) is 38.1 Å². The first kappa shape index (κ1) is 23.0. The normalized spacial score (nSPS) is 11.6. The number of hydrogen-bond acceptors (Lipinski definition) is 7. The van der Waals surface area contributed by atoms with Crippen molar-refractivity contribution in [2.24, 2.45) is 0 Å². The summed E-state index contributed by atoms with van der Waals surface area (Å²) >= 11 is 0. The van der Waals surface area contributed by atoms with Crippen LogP contribution in [-0.2, 0) is 9.47 Å². The maximum Gasteiger partial charge on any atom is 0.340 e. The van der Waals surface area contributed by atoms with E-state index in [1.807, 2.05) is 12.1 Å². The molecule has 160 valence electrons. The van der Waals surface area contributed by atoms with Crippen LogP contribution >= 0.6 is 0 Å². The molecule has 0 unspecified atom stereocenters. The Morgan fingerprint density at radius 2 is 1.87 bits per heavy atom. The Bertz CT molecular complexity index is 895. The molecule has 0 aliphatic heterocycles. The number of Topliss-reactive ketones (excluding diaryl/α,β-unsaturated/α-hetero) is 1. The summed E-state index contributed by atoms with van der Waals surface area (Å²) in [5, 5.41) is 14.0. The van der Waals surface area contributed by atoms with Gasteiger partial charge in [0.1, 0.15) is 0 Å². The second-order valence-corrected chi connectivity index (χ2v) is 6.84. The first-order valence-corrected chi connectivity index (χ1v) is 9.68. The zero-order chi connectivity index (χ0) is 22.1. The van der Waals surface area contributed by atoms with Crippen molar-refractivity contribution < 1.29 is 24.0 Å². The van der Waals surface area contributed by atoms with E-state index in [1.54, 1.807) is 12.1 Å². The van der Waals surface area contributed by atoms with Crippen LogP contribution in [0.3, 0.4) is 0 Å². The molecule has 0 aliphatic carbocycles. The van der Waals surface area contributed by atoms with E-state index < -0.39 is 17.5 Å². The maximum atomic E-state index is 12.5. The van der Waals surface area contributed by atoms with Crippen molar-refractivity contribution in [2.45, 2.75) is 26.2 Å². The number of benzene rings is 2. The van der Waals surface area contributed by atoms with Gasteiger partial charge in [0.25, 0.3) is 5.69 Å². The van der Waals surface area contributed by atoms with Crippen LogP contribution in [0.1, 0.15) is 52.5 Å². The molecular weight excluding hydrogens is 388 g/mol. The van der Waals surface area contributed by atoms with Gasteiger partial charge in [-0.05, 0) is 24.0 Å². The third kappa shape index (κ3) is 6.12. The number of nitrogens with zero attached hydrogens (tertiary/aromatic N) is 1. The molecule has 2 aromatic carbocycles. The molecule has 0 amide bonds. The monoisotopic (exact) mass is 414 g/mol. The Balaban J connectivity index is 2.09. The van der Waals surface area contributed by atoms with Crippen LogP contribution in [0, 0.1) is 10.1 Å². The van der Waals surface area contributed by atoms with Crippen LogP contribution in [0.4, 0.5) is 11.4 Å². The molecule has 0 aliphatic rings. The minimum Gasteiger partial charge on any atom is -0.454 e. The van der Waals surface area contributed by atoms with Crippen molar-refractivity contribution >= 4 is 23.1 Å². The predicted octanol–water partition coefficient (Wildman–Crippen LogP) is 4.21. The van der Waals surface area contributed by atoms with Crippen LogP contribution < -0.4 is 5.32 Å². The molecule has 0 fully saturated rings. The largest absolute Gasteiger partial charge is 0.454 e. The van der Waals surface area contributed by atoms with Gasteiger partial charge in [-0.2, -0.15) is 0 Å². The van der Waals surface area contributed by atoms with Crippen LogP contribution in [0.2, 0.25) is 0 Å². The molecule has 1 N–H and O–H groups in total. The lowest BCUT2D eigenvalue weighted by Gasteiger charge is -2.12. The SMILES string of the molecule is CC[C@@H](C)c1ccc(C(=O)COC(=O)c2cc([N+](=O)[O-])ccc2NCCOC)cc1. The Kier molecular flexibility index (Phi) is 8.49. The van der Waals surface area contributed by atoms with E-state index in [1.165, 1.54) is 19.2 Å². The Hall–Kier alpha value is -3.26. The quantitative estimate of drug-likeness (QED) is 0.193. The van der Waals surface area contributed by atoms with Crippen LogP contribution in [-0.4, -0.2) is 43.5 Å². The average molecular weight is 414 g/mol. The molecule has 0 spiro atoms. The lowest BCUT2D eigenvalue weighted by molar-refractivity contribution is -0.384. The number of ether oxygens (including phenoxy) is 2. The predicted molar refractivity (Wildman–Crippen MR) is 113 cm³/mol. The van der Waals surface area contributed by atoms with E-state index in [2.05, 4.69) is 19.2 Å². The van der Waals surface area contributed by atoms with Gasteiger partial charge in [-0.25, -0.2) is 4.79 Å². The third-order valence-corrected chi connectivity index (χ3v) is 4.80. The number of nitro benzene ring substituents is 1. The zero-order valence-corrected chi connectivity index (χ0v) is 17.3. The van der Waals surface area contributed by atoms with Crippen LogP contribution in [0.25, 0.3) is 0 Å². The maximum absolute atomic E-state index is 12.5. The summed E-state index contributed by atoms with van der Waals surface area (Å²) in [6.07, 6.45) is 0.995. The number of rotatable bonds is 11. The Labute approximate surface area is 175 Å². The number of anilines is 1. The van der Waals surface area contributed by atoms with E-state index in [0.717, 1.165) is 18.1 Å². The van der Waals surface area contributed by atoms with Gasteiger partial charge >= 0.3 is 5.97 Å². The Morgan fingerprint density at radius 1 is 1.17 bits per heavy atom. The van der Waals surface area contributed by atoms with Gasteiger partial charge in [0.2, 0.25) is 0 Å². The van der Waals surface area contributed by atoms with Crippen molar-refractivity contribution in [2.75, 3.05) is 32.2 Å². The first-order chi connectivity index (χ1) is 14.4. The summed E-state index contributed by atoms with van der Waals surface area (Å²) < 4.78 is 10.1. The minimum atomic E-state index is -0.816. The topological polar surface area (TPSA) is 108 Å². The lowest BCUT2D eigenvalue weighted by Crippen LogP contribution is -2.17. The molecule has 0 saturated heterocycles. The van der Waals surface area contributed by atoms with E-state index in [-0.39, 0.29) is 17.0 Å². The van der Waals surface area contributed by atoms with E-state index in [9.17, 15) is 19.7 Å². The van der Waals surface area contributed by atoms with Crippen molar-refractivity contribution in [1.29, 1.82) is 0 Å². The van der Waals surface area contributed by atoms with Gasteiger partial charge in [0.15, 0.2) is 12.4 Å². The van der Waals surface area contributed by atoms with Crippen molar-refractivity contribution in [3.63, 3.8) is 0 Å². The van der Waals surface area contributed by atoms with Gasteiger partial charge in [0, 0.05) is 37.0 Å². The highest BCUT2D eigenvalue weighted by atomic mass is 16.6. The number of methoxy groups -OCH3 is 1. The zero-order valence-electron chi connectivity index (χ0n) is 17.3.